The average molecular weight is 775 g/mol. The number of carbonyl (C=O) groups is 2. The highest BCUT2D eigenvalue weighted by atomic mass is 31.2. The molecule has 13 heteroatoms. The molecule has 0 saturated heterocycles. The van der Waals surface area contributed by atoms with Crippen LogP contribution >= 0.6 is 7.60 Å². The van der Waals surface area contributed by atoms with Crippen LogP contribution in [0.5, 0.6) is 0 Å². The third kappa shape index (κ3) is 11.1. The highest BCUT2D eigenvalue weighted by Crippen LogP contribution is 2.69. The maximum atomic E-state index is 16.2. The minimum atomic E-state index is -5.17. The molecule has 0 fully saturated rings. The number of hydrogen-bond acceptors (Lipinski definition) is 7. The van der Waals surface area contributed by atoms with Gasteiger partial charge in [-0.1, -0.05) is 97.1 Å². The van der Waals surface area contributed by atoms with E-state index in [-0.39, 0.29) is 24.3 Å². The van der Waals surface area contributed by atoms with Gasteiger partial charge < -0.3 is 9.47 Å². The summed E-state index contributed by atoms with van der Waals surface area (Å²) in [5.41, 5.74) is -8.97. The second-order valence-electron chi connectivity index (χ2n) is 14.9. The Kier molecular flexibility index (Phi) is 13.0. The molecule has 4 aromatic carbocycles. The Bertz CT molecular complexity index is 1830. The van der Waals surface area contributed by atoms with E-state index in [2.05, 4.69) is 0 Å². The van der Waals surface area contributed by atoms with Gasteiger partial charge in [-0.15, -0.1) is 0 Å². The first-order chi connectivity index (χ1) is 25.0. The van der Waals surface area contributed by atoms with Crippen molar-refractivity contribution in [2.75, 3.05) is 0 Å². The lowest BCUT2D eigenvalue weighted by Gasteiger charge is -2.36. The van der Waals surface area contributed by atoms with Crippen molar-refractivity contribution in [3.63, 3.8) is 0 Å². The van der Waals surface area contributed by atoms with Gasteiger partial charge in [-0.25, -0.2) is 0 Å². The molecule has 0 aromatic heterocycles. The normalized spacial score (nSPS) is 13.0. The van der Waals surface area contributed by atoms with Gasteiger partial charge in [0.25, 0.3) is 0 Å². The average Bonchev–Trinajstić information content (AvgIpc) is 3.08. The number of carbonyl (C=O) groups excluding carboxylic acids is 2. The molecule has 0 unspecified atom stereocenters. The van der Waals surface area contributed by atoms with Crippen molar-refractivity contribution in [2.45, 2.75) is 90.6 Å². The van der Waals surface area contributed by atoms with E-state index in [1.165, 1.54) is 53.7 Å². The number of rotatable bonds is 14. The van der Waals surface area contributed by atoms with Crippen LogP contribution in [0.4, 0.5) is 22.0 Å². The Hall–Kier alpha value is -4.38. The molecule has 0 saturated carbocycles. The molecular weight excluding hydrogens is 730 g/mol. The lowest BCUT2D eigenvalue weighted by atomic mass is 9.76. The van der Waals surface area contributed by atoms with Crippen LogP contribution in [0.25, 0.3) is 0 Å². The van der Waals surface area contributed by atoms with Gasteiger partial charge >= 0.3 is 31.4 Å². The van der Waals surface area contributed by atoms with Crippen LogP contribution in [0, 0.1) is 5.41 Å². The van der Waals surface area contributed by atoms with Crippen LogP contribution in [0.15, 0.2) is 109 Å². The molecule has 0 aliphatic heterocycles. The van der Waals surface area contributed by atoms with Crippen molar-refractivity contribution in [3.8, 4) is 0 Å². The maximum absolute atomic E-state index is 16.2. The molecule has 290 valence electrons. The minimum Gasteiger partial charge on any atom is -0.460 e. The first-order valence-electron chi connectivity index (χ1n) is 17.1. The fourth-order valence-corrected chi connectivity index (χ4v) is 7.68. The first-order valence-corrected chi connectivity index (χ1v) is 18.6. The fourth-order valence-electron chi connectivity index (χ4n) is 5.50. The number of esters is 2. The molecule has 7 nitrogen and oxygen atoms in total. The van der Waals surface area contributed by atoms with Crippen LogP contribution in [-0.2, 0) is 70.6 Å². The molecule has 54 heavy (non-hydrogen) atoms. The Morgan fingerprint density at radius 3 is 1.20 bits per heavy atom. The largest absolute Gasteiger partial charge is 0.460 e. The summed E-state index contributed by atoms with van der Waals surface area (Å²) < 4.78 is 109. The van der Waals surface area contributed by atoms with E-state index >= 15 is 8.78 Å². The SMILES string of the molecule is CC(C)(C)OP(=O)(OC(C)(C)C)C(F)(F)c1ccc(CC(Cc2ccc(C(F)(F)F)cc2)(C(=O)OCc2ccccc2)C(=O)OCc2ccccc2)cc1. The van der Waals surface area contributed by atoms with E-state index in [0.717, 1.165) is 36.4 Å². The Morgan fingerprint density at radius 1 is 0.519 bits per heavy atom. The first kappa shape index (κ1) is 42.4. The zero-order valence-electron chi connectivity index (χ0n) is 30.9. The second-order valence-corrected chi connectivity index (χ2v) is 16.8. The zero-order chi connectivity index (χ0) is 40.0. The number of ether oxygens (including phenoxy) is 2. The standard InChI is InChI=1S/C41H44F5O7P/c1-37(2,3)52-54(49,53-38(4,5)6)41(45,46)34-23-19-30(20-24-34)26-39(35(47)50-27-31-13-9-7-10-14-31,36(48)51-28-32-15-11-8-12-16-32)25-29-17-21-33(22-18-29)40(42,43)44/h7-24H,25-28H2,1-6H3. The Balaban J connectivity index is 1.79. The smallest absolute Gasteiger partial charge is 0.416 e. The van der Waals surface area contributed by atoms with Gasteiger partial charge in [0.05, 0.1) is 16.8 Å². The minimum absolute atomic E-state index is 0.180. The van der Waals surface area contributed by atoms with E-state index < -0.39 is 72.0 Å². The van der Waals surface area contributed by atoms with Gasteiger partial charge in [-0.05, 0) is 88.8 Å². The Morgan fingerprint density at radius 2 is 0.870 bits per heavy atom. The molecule has 0 heterocycles. The summed E-state index contributed by atoms with van der Waals surface area (Å²) in [5, 5.41) is 0. The fraction of sp³-hybridized carbons (Fsp3) is 0.366. The van der Waals surface area contributed by atoms with Crippen LogP contribution < -0.4 is 0 Å². The summed E-state index contributed by atoms with van der Waals surface area (Å²) in [7, 11) is -5.17. The number of hydrogen-bond donors (Lipinski definition) is 0. The predicted octanol–water partition coefficient (Wildman–Crippen LogP) is 10.8. The third-order valence-corrected chi connectivity index (χ3v) is 10.5. The van der Waals surface area contributed by atoms with Crippen molar-refractivity contribution < 1.29 is 54.6 Å². The molecule has 0 radical (unpaired) electrons. The van der Waals surface area contributed by atoms with Crippen LogP contribution in [0.1, 0.15) is 74.9 Å². The summed E-state index contributed by atoms with van der Waals surface area (Å²) in [6.07, 6.45) is -5.56. The van der Waals surface area contributed by atoms with Gasteiger partial charge in [0.1, 0.15) is 13.2 Å². The molecular formula is C41H44F5O7P. The number of halogens is 5. The molecule has 4 aromatic rings. The summed E-state index contributed by atoms with van der Waals surface area (Å²) in [5.74, 6) is -2.08. The van der Waals surface area contributed by atoms with Crippen LogP contribution in [-0.4, -0.2) is 23.1 Å². The third-order valence-electron chi connectivity index (χ3n) is 7.93. The highest BCUT2D eigenvalue weighted by molar-refractivity contribution is 7.54. The molecule has 0 atom stereocenters. The zero-order valence-corrected chi connectivity index (χ0v) is 31.8. The number of alkyl halides is 5. The highest BCUT2D eigenvalue weighted by Gasteiger charge is 2.58. The van der Waals surface area contributed by atoms with Crippen molar-refractivity contribution in [1.82, 2.24) is 0 Å². The molecule has 0 spiro atoms. The lowest BCUT2D eigenvalue weighted by Crippen LogP contribution is -2.45. The van der Waals surface area contributed by atoms with Gasteiger partial charge in [0, 0.05) is 5.56 Å². The topological polar surface area (TPSA) is 88.1 Å². The molecule has 0 aliphatic rings. The van der Waals surface area contributed by atoms with Crippen molar-refractivity contribution >= 4 is 19.5 Å². The predicted molar refractivity (Wildman–Crippen MR) is 193 cm³/mol. The Labute approximate surface area is 312 Å². The van der Waals surface area contributed by atoms with E-state index in [1.807, 2.05) is 0 Å². The molecule has 4 rings (SSSR count). The lowest BCUT2D eigenvalue weighted by molar-refractivity contribution is -0.174. The van der Waals surface area contributed by atoms with E-state index in [1.54, 1.807) is 60.7 Å². The van der Waals surface area contributed by atoms with Gasteiger partial charge in [-0.3, -0.25) is 23.2 Å². The van der Waals surface area contributed by atoms with Gasteiger partial charge in [-0.2, -0.15) is 22.0 Å². The van der Waals surface area contributed by atoms with Crippen molar-refractivity contribution in [1.29, 1.82) is 0 Å². The summed E-state index contributed by atoms with van der Waals surface area (Å²) in [6, 6.07) is 25.6. The summed E-state index contributed by atoms with van der Waals surface area (Å²) in [4.78, 5) is 28.5. The monoisotopic (exact) mass is 774 g/mol. The molecule has 0 aliphatic carbocycles. The van der Waals surface area contributed by atoms with Crippen LogP contribution in [0.3, 0.4) is 0 Å². The van der Waals surface area contributed by atoms with Gasteiger partial charge in [0.2, 0.25) is 0 Å². The molecule has 0 amide bonds. The molecule has 0 bridgehead atoms. The maximum Gasteiger partial charge on any atom is 0.416 e. The summed E-state index contributed by atoms with van der Waals surface area (Å²) >= 11 is 0. The quantitative estimate of drug-likeness (QED) is 0.0545. The van der Waals surface area contributed by atoms with E-state index in [9.17, 15) is 27.3 Å². The summed E-state index contributed by atoms with van der Waals surface area (Å²) in [6.45, 7) is 8.31. The van der Waals surface area contributed by atoms with E-state index in [0.29, 0.717) is 11.1 Å². The van der Waals surface area contributed by atoms with Gasteiger partial charge in [0.15, 0.2) is 5.41 Å². The second kappa shape index (κ2) is 16.6. The van der Waals surface area contributed by atoms with E-state index in [4.69, 9.17) is 18.5 Å². The van der Waals surface area contributed by atoms with Crippen molar-refractivity contribution in [3.05, 3.63) is 143 Å². The molecule has 0 N–H and O–H groups in total. The van der Waals surface area contributed by atoms with Crippen molar-refractivity contribution in [2.24, 2.45) is 5.41 Å². The van der Waals surface area contributed by atoms with Crippen LogP contribution in [0.2, 0.25) is 0 Å². The number of benzene rings is 4.